The van der Waals surface area contributed by atoms with E-state index in [9.17, 15) is 4.79 Å². The lowest BCUT2D eigenvalue weighted by atomic mass is 10.0. The predicted octanol–water partition coefficient (Wildman–Crippen LogP) is 2.59. The lowest BCUT2D eigenvalue weighted by molar-refractivity contribution is 0.0944. The van der Waals surface area contributed by atoms with E-state index in [1.165, 1.54) is 12.8 Å². The van der Waals surface area contributed by atoms with Crippen LogP contribution >= 0.6 is 0 Å². The Hall–Kier alpha value is -1.71. The van der Waals surface area contributed by atoms with E-state index in [-0.39, 0.29) is 5.91 Å². The zero-order valence-corrected chi connectivity index (χ0v) is 11.7. The minimum absolute atomic E-state index is 0.0759. The standard InChI is InChI=1S/C15H22N2O2/c1-3-15(5-6-15)10-17-14(18)11-7-12(16)9-13(8-11)19-4-2/h7-9H,3-6,10,16H2,1-2H3,(H,17,18). The van der Waals surface area contributed by atoms with Crippen LogP contribution in [-0.2, 0) is 0 Å². The van der Waals surface area contributed by atoms with Crippen molar-refractivity contribution in [3.05, 3.63) is 23.8 Å². The summed E-state index contributed by atoms with van der Waals surface area (Å²) in [7, 11) is 0. The van der Waals surface area contributed by atoms with E-state index in [1.807, 2.05) is 6.92 Å². The molecule has 1 aromatic rings. The summed E-state index contributed by atoms with van der Waals surface area (Å²) in [6.45, 7) is 5.39. The lowest BCUT2D eigenvalue weighted by Gasteiger charge is -2.14. The van der Waals surface area contributed by atoms with Crippen molar-refractivity contribution in [2.75, 3.05) is 18.9 Å². The minimum Gasteiger partial charge on any atom is -0.494 e. The van der Waals surface area contributed by atoms with Crippen LogP contribution in [0.3, 0.4) is 0 Å². The summed E-state index contributed by atoms with van der Waals surface area (Å²) < 4.78 is 5.40. The first-order valence-electron chi connectivity index (χ1n) is 6.90. The molecule has 4 heteroatoms. The van der Waals surface area contributed by atoms with Crippen LogP contribution in [-0.4, -0.2) is 19.1 Å². The van der Waals surface area contributed by atoms with Gasteiger partial charge in [-0.1, -0.05) is 6.92 Å². The fraction of sp³-hybridized carbons (Fsp3) is 0.533. The molecule has 1 aromatic carbocycles. The van der Waals surface area contributed by atoms with E-state index in [0.29, 0.717) is 29.0 Å². The third-order valence-corrected chi connectivity index (χ3v) is 3.83. The van der Waals surface area contributed by atoms with Gasteiger partial charge < -0.3 is 15.8 Å². The number of ether oxygens (including phenoxy) is 1. The topological polar surface area (TPSA) is 64.3 Å². The first-order chi connectivity index (χ1) is 9.08. The van der Waals surface area contributed by atoms with E-state index in [4.69, 9.17) is 10.5 Å². The van der Waals surface area contributed by atoms with Crippen LogP contribution in [0, 0.1) is 5.41 Å². The summed E-state index contributed by atoms with van der Waals surface area (Å²) in [4.78, 5) is 12.1. The molecule has 104 valence electrons. The average Bonchev–Trinajstić information content (AvgIpc) is 3.16. The van der Waals surface area contributed by atoms with Gasteiger partial charge in [-0.3, -0.25) is 4.79 Å². The number of carbonyl (C=O) groups is 1. The zero-order valence-electron chi connectivity index (χ0n) is 11.7. The van der Waals surface area contributed by atoms with Crippen LogP contribution in [0.25, 0.3) is 0 Å². The molecular weight excluding hydrogens is 240 g/mol. The van der Waals surface area contributed by atoms with E-state index in [2.05, 4.69) is 12.2 Å². The van der Waals surface area contributed by atoms with Crippen LogP contribution in [0.4, 0.5) is 5.69 Å². The summed E-state index contributed by atoms with van der Waals surface area (Å²) >= 11 is 0. The third kappa shape index (κ3) is 3.40. The Morgan fingerprint density at radius 2 is 2.11 bits per heavy atom. The van der Waals surface area contributed by atoms with Gasteiger partial charge in [-0.2, -0.15) is 0 Å². The second-order valence-corrected chi connectivity index (χ2v) is 5.26. The van der Waals surface area contributed by atoms with E-state index in [1.54, 1.807) is 18.2 Å². The quantitative estimate of drug-likeness (QED) is 0.774. The van der Waals surface area contributed by atoms with Crippen molar-refractivity contribution in [3.63, 3.8) is 0 Å². The fourth-order valence-corrected chi connectivity index (χ4v) is 2.21. The molecule has 1 fully saturated rings. The highest BCUT2D eigenvalue weighted by Gasteiger charge is 2.40. The fourth-order valence-electron chi connectivity index (χ4n) is 2.21. The number of amides is 1. The van der Waals surface area contributed by atoms with Gasteiger partial charge in [0.1, 0.15) is 5.75 Å². The molecule has 0 heterocycles. The molecule has 1 saturated carbocycles. The van der Waals surface area contributed by atoms with Gasteiger partial charge in [0.25, 0.3) is 5.91 Å². The normalized spacial score (nSPS) is 15.9. The molecule has 0 aliphatic heterocycles. The molecule has 0 radical (unpaired) electrons. The van der Waals surface area contributed by atoms with E-state index in [0.717, 1.165) is 13.0 Å². The molecule has 0 bridgehead atoms. The molecule has 0 spiro atoms. The van der Waals surface area contributed by atoms with Gasteiger partial charge in [0.2, 0.25) is 0 Å². The zero-order chi connectivity index (χ0) is 13.9. The Balaban J connectivity index is 2.01. The van der Waals surface area contributed by atoms with Gasteiger partial charge in [0.15, 0.2) is 0 Å². The maximum atomic E-state index is 12.1. The number of anilines is 1. The molecule has 0 atom stereocenters. The average molecular weight is 262 g/mol. The van der Waals surface area contributed by atoms with Gasteiger partial charge in [0, 0.05) is 23.9 Å². The van der Waals surface area contributed by atoms with Crippen molar-refractivity contribution in [1.29, 1.82) is 0 Å². The molecular formula is C15H22N2O2. The van der Waals surface area contributed by atoms with Crippen LogP contribution in [0.1, 0.15) is 43.5 Å². The number of hydrogen-bond donors (Lipinski definition) is 2. The first-order valence-corrected chi connectivity index (χ1v) is 6.90. The van der Waals surface area contributed by atoms with Crippen molar-refractivity contribution >= 4 is 11.6 Å². The predicted molar refractivity (Wildman–Crippen MR) is 76.3 cm³/mol. The molecule has 3 N–H and O–H groups in total. The van der Waals surface area contributed by atoms with Crippen molar-refractivity contribution in [1.82, 2.24) is 5.32 Å². The smallest absolute Gasteiger partial charge is 0.251 e. The minimum atomic E-state index is -0.0759. The number of rotatable bonds is 6. The number of benzene rings is 1. The first kappa shape index (κ1) is 13.7. The second kappa shape index (κ2) is 5.51. The highest BCUT2D eigenvalue weighted by atomic mass is 16.5. The van der Waals surface area contributed by atoms with Crippen LogP contribution in [0.2, 0.25) is 0 Å². The highest BCUT2D eigenvalue weighted by Crippen LogP contribution is 2.47. The van der Waals surface area contributed by atoms with Gasteiger partial charge >= 0.3 is 0 Å². The van der Waals surface area contributed by atoms with Gasteiger partial charge in [-0.15, -0.1) is 0 Å². The Bertz CT molecular complexity index is 467. The maximum absolute atomic E-state index is 12.1. The second-order valence-electron chi connectivity index (χ2n) is 5.26. The summed E-state index contributed by atoms with van der Waals surface area (Å²) in [5.74, 6) is 0.567. The van der Waals surface area contributed by atoms with Gasteiger partial charge in [-0.25, -0.2) is 0 Å². The van der Waals surface area contributed by atoms with Crippen molar-refractivity contribution < 1.29 is 9.53 Å². The molecule has 0 aromatic heterocycles. The third-order valence-electron chi connectivity index (χ3n) is 3.83. The number of nitrogens with one attached hydrogen (secondary N) is 1. The SMILES string of the molecule is CCOc1cc(N)cc(C(=O)NCC2(CC)CC2)c1. The molecule has 1 aliphatic carbocycles. The Morgan fingerprint density at radius 3 is 2.68 bits per heavy atom. The summed E-state index contributed by atoms with van der Waals surface area (Å²) in [5, 5.41) is 3.00. The van der Waals surface area contributed by atoms with Crippen molar-refractivity contribution in [2.45, 2.75) is 33.1 Å². The van der Waals surface area contributed by atoms with Crippen LogP contribution in [0.5, 0.6) is 5.75 Å². The Morgan fingerprint density at radius 1 is 1.37 bits per heavy atom. The van der Waals surface area contributed by atoms with Crippen molar-refractivity contribution in [3.8, 4) is 5.75 Å². The van der Waals surface area contributed by atoms with E-state index >= 15 is 0 Å². The molecule has 0 unspecified atom stereocenters. The maximum Gasteiger partial charge on any atom is 0.251 e. The highest BCUT2D eigenvalue weighted by molar-refractivity contribution is 5.95. The summed E-state index contributed by atoms with van der Waals surface area (Å²) in [6, 6.07) is 5.15. The summed E-state index contributed by atoms with van der Waals surface area (Å²) in [5.41, 5.74) is 7.25. The largest absolute Gasteiger partial charge is 0.494 e. The van der Waals surface area contributed by atoms with Crippen LogP contribution in [0.15, 0.2) is 18.2 Å². The molecule has 1 aliphatic rings. The number of nitrogens with two attached hydrogens (primary N) is 1. The van der Waals surface area contributed by atoms with Gasteiger partial charge in [0.05, 0.1) is 6.61 Å². The lowest BCUT2D eigenvalue weighted by Crippen LogP contribution is -2.30. The monoisotopic (exact) mass is 262 g/mol. The van der Waals surface area contributed by atoms with E-state index < -0.39 is 0 Å². The Kier molecular flexibility index (Phi) is 3.98. The molecule has 1 amide bonds. The number of nitrogen functional groups attached to an aromatic ring is 1. The number of hydrogen-bond acceptors (Lipinski definition) is 3. The molecule has 19 heavy (non-hydrogen) atoms. The molecule has 2 rings (SSSR count). The molecule has 4 nitrogen and oxygen atoms in total. The van der Waals surface area contributed by atoms with Crippen molar-refractivity contribution in [2.24, 2.45) is 5.41 Å². The number of carbonyl (C=O) groups excluding carboxylic acids is 1. The van der Waals surface area contributed by atoms with Crippen LogP contribution < -0.4 is 15.8 Å². The Labute approximate surface area is 114 Å². The molecule has 0 saturated heterocycles. The summed E-state index contributed by atoms with van der Waals surface area (Å²) in [6.07, 6.45) is 3.55. The van der Waals surface area contributed by atoms with Gasteiger partial charge in [-0.05, 0) is 43.7 Å².